The van der Waals surface area contributed by atoms with E-state index >= 15 is 0 Å². The first-order valence-corrected chi connectivity index (χ1v) is 9.80. The predicted octanol–water partition coefficient (Wildman–Crippen LogP) is 1.68. The van der Waals surface area contributed by atoms with Crippen molar-refractivity contribution >= 4 is 11.9 Å². The zero-order chi connectivity index (χ0) is 20.3. The molecular weight excluding hydrogens is 364 g/mol. The molecule has 0 bridgehead atoms. The number of piperazine rings is 1. The molecule has 3 rings (SSSR count). The molecule has 3 amide bonds. The molecule has 29 heavy (non-hydrogen) atoms. The number of carbonyl (C=O) groups is 2. The van der Waals surface area contributed by atoms with E-state index in [1.54, 1.807) is 4.90 Å². The maximum atomic E-state index is 12.2. The Kier molecular flexibility index (Phi) is 7.67. The third-order valence-electron chi connectivity index (χ3n) is 4.69. The molecule has 0 radical (unpaired) electrons. The first-order valence-electron chi connectivity index (χ1n) is 9.80. The second-order valence-electron chi connectivity index (χ2n) is 6.85. The third-order valence-corrected chi connectivity index (χ3v) is 4.69. The molecule has 6 heteroatoms. The molecular formula is C23H26N4O2. The Hall–Kier alpha value is -3.30. The predicted molar refractivity (Wildman–Crippen MR) is 113 cm³/mol. The fraction of sp³-hybridized carbons (Fsp3) is 0.304. The molecule has 0 atom stereocenters. The van der Waals surface area contributed by atoms with Crippen LogP contribution in [0.15, 0.2) is 60.7 Å². The van der Waals surface area contributed by atoms with Gasteiger partial charge in [0.05, 0.1) is 13.1 Å². The Bertz CT molecular complexity index is 851. The van der Waals surface area contributed by atoms with E-state index in [2.05, 4.69) is 27.4 Å². The molecule has 0 aliphatic carbocycles. The van der Waals surface area contributed by atoms with E-state index in [1.165, 1.54) is 0 Å². The Morgan fingerprint density at radius 1 is 0.862 bits per heavy atom. The quantitative estimate of drug-likeness (QED) is 0.764. The van der Waals surface area contributed by atoms with Crippen molar-refractivity contribution in [1.29, 1.82) is 0 Å². The highest BCUT2D eigenvalue weighted by atomic mass is 16.2. The van der Waals surface area contributed by atoms with Crippen molar-refractivity contribution in [3.05, 3.63) is 71.8 Å². The van der Waals surface area contributed by atoms with Crippen LogP contribution in [0.3, 0.4) is 0 Å². The second-order valence-corrected chi connectivity index (χ2v) is 6.85. The van der Waals surface area contributed by atoms with Gasteiger partial charge in [-0.15, -0.1) is 0 Å². The summed E-state index contributed by atoms with van der Waals surface area (Å²) in [5.41, 5.74) is 2.01. The van der Waals surface area contributed by atoms with Gasteiger partial charge < -0.3 is 15.5 Å². The van der Waals surface area contributed by atoms with Gasteiger partial charge in [-0.3, -0.25) is 9.69 Å². The van der Waals surface area contributed by atoms with Gasteiger partial charge in [0.1, 0.15) is 0 Å². The monoisotopic (exact) mass is 390 g/mol. The molecule has 1 aliphatic heterocycles. The number of benzene rings is 2. The number of amides is 3. The van der Waals surface area contributed by atoms with E-state index in [4.69, 9.17) is 0 Å². The molecule has 2 aromatic carbocycles. The first kappa shape index (κ1) is 20.4. The number of hydrogen-bond donors (Lipinski definition) is 2. The average Bonchev–Trinajstić information content (AvgIpc) is 2.77. The Morgan fingerprint density at radius 3 is 2.21 bits per heavy atom. The molecule has 1 heterocycles. The van der Waals surface area contributed by atoms with Gasteiger partial charge in [0.15, 0.2) is 0 Å². The van der Waals surface area contributed by atoms with Gasteiger partial charge in [-0.25, -0.2) is 4.79 Å². The van der Waals surface area contributed by atoms with Crippen LogP contribution in [-0.4, -0.2) is 61.0 Å². The zero-order valence-corrected chi connectivity index (χ0v) is 16.4. The Balaban J connectivity index is 1.32. The third kappa shape index (κ3) is 6.98. The van der Waals surface area contributed by atoms with Crippen LogP contribution in [0.4, 0.5) is 4.79 Å². The summed E-state index contributed by atoms with van der Waals surface area (Å²) in [5, 5.41) is 5.77. The summed E-state index contributed by atoms with van der Waals surface area (Å²) in [4.78, 5) is 28.2. The van der Waals surface area contributed by atoms with Crippen molar-refractivity contribution in [2.45, 2.75) is 6.54 Å². The van der Waals surface area contributed by atoms with E-state index in [0.717, 1.165) is 11.1 Å². The SMILES string of the molecule is O=C(CN1CCN(C(=O)NCC#Cc2ccccc2)CC1)NCc1ccccc1. The van der Waals surface area contributed by atoms with Crippen LogP contribution in [0.25, 0.3) is 0 Å². The molecule has 0 unspecified atom stereocenters. The van der Waals surface area contributed by atoms with E-state index in [0.29, 0.717) is 45.8 Å². The fourth-order valence-electron chi connectivity index (χ4n) is 3.06. The van der Waals surface area contributed by atoms with Gasteiger partial charge in [0.25, 0.3) is 0 Å². The van der Waals surface area contributed by atoms with Crippen LogP contribution >= 0.6 is 0 Å². The van der Waals surface area contributed by atoms with Crippen molar-refractivity contribution in [2.24, 2.45) is 0 Å². The summed E-state index contributed by atoms with van der Waals surface area (Å²) in [6.45, 7) is 3.77. The average molecular weight is 390 g/mol. The lowest BCUT2D eigenvalue weighted by Gasteiger charge is -2.34. The lowest BCUT2D eigenvalue weighted by Crippen LogP contribution is -2.53. The number of nitrogens with one attached hydrogen (secondary N) is 2. The van der Waals surface area contributed by atoms with E-state index < -0.39 is 0 Å². The van der Waals surface area contributed by atoms with E-state index in [9.17, 15) is 9.59 Å². The minimum Gasteiger partial charge on any atom is -0.351 e. The van der Waals surface area contributed by atoms with Crippen LogP contribution in [0, 0.1) is 11.8 Å². The van der Waals surface area contributed by atoms with Crippen molar-refractivity contribution in [2.75, 3.05) is 39.3 Å². The van der Waals surface area contributed by atoms with Gasteiger partial charge in [0, 0.05) is 38.3 Å². The molecule has 0 spiro atoms. The van der Waals surface area contributed by atoms with E-state index in [-0.39, 0.29) is 11.9 Å². The van der Waals surface area contributed by atoms with Gasteiger partial charge in [-0.1, -0.05) is 60.4 Å². The fourth-order valence-corrected chi connectivity index (χ4v) is 3.06. The molecule has 0 aromatic heterocycles. The van der Waals surface area contributed by atoms with Crippen LogP contribution in [-0.2, 0) is 11.3 Å². The van der Waals surface area contributed by atoms with Crippen molar-refractivity contribution < 1.29 is 9.59 Å². The summed E-state index contributed by atoms with van der Waals surface area (Å²) < 4.78 is 0. The number of carbonyl (C=O) groups excluding carboxylic acids is 2. The lowest BCUT2D eigenvalue weighted by atomic mass is 10.2. The minimum absolute atomic E-state index is 0.00272. The molecule has 6 nitrogen and oxygen atoms in total. The highest BCUT2D eigenvalue weighted by Gasteiger charge is 2.21. The maximum absolute atomic E-state index is 12.2. The Labute approximate surface area is 171 Å². The number of rotatable bonds is 5. The van der Waals surface area contributed by atoms with Crippen LogP contribution in [0.2, 0.25) is 0 Å². The summed E-state index contributed by atoms with van der Waals surface area (Å²) in [5.74, 6) is 5.98. The summed E-state index contributed by atoms with van der Waals surface area (Å²) in [6, 6.07) is 19.4. The largest absolute Gasteiger partial charge is 0.351 e. The standard InChI is InChI=1S/C23H26N4O2/c28-22(25-18-21-10-5-2-6-11-21)19-26-14-16-27(17-15-26)23(29)24-13-7-12-20-8-3-1-4-9-20/h1-6,8-11H,13-19H2,(H,24,29)(H,25,28). The maximum Gasteiger partial charge on any atom is 0.318 e. The molecule has 2 aromatic rings. The van der Waals surface area contributed by atoms with Crippen molar-refractivity contribution in [3.8, 4) is 11.8 Å². The summed E-state index contributed by atoms with van der Waals surface area (Å²) in [7, 11) is 0. The normalized spacial score (nSPS) is 13.9. The minimum atomic E-state index is -0.111. The number of hydrogen-bond acceptors (Lipinski definition) is 3. The first-order chi connectivity index (χ1) is 14.2. The molecule has 150 valence electrons. The van der Waals surface area contributed by atoms with Gasteiger partial charge in [0.2, 0.25) is 5.91 Å². The molecule has 1 fully saturated rings. The summed E-state index contributed by atoms with van der Waals surface area (Å²) >= 11 is 0. The smallest absolute Gasteiger partial charge is 0.318 e. The highest BCUT2D eigenvalue weighted by molar-refractivity contribution is 5.78. The number of nitrogens with zero attached hydrogens (tertiary/aromatic N) is 2. The van der Waals surface area contributed by atoms with Gasteiger partial charge in [-0.05, 0) is 17.7 Å². The second kappa shape index (κ2) is 10.9. The van der Waals surface area contributed by atoms with Gasteiger partial charge >= 0.3 is 6.03 Å². The van der Waals surface area contributed by atoms with Crippen molar-refractivity contribution in [3.63, 3.8) is 0 Å². The Morgan fingerprint density at radius 2 is 1.52 bits per heavy atom. The lowest BCUT2D eigenvalue weighted by molar-refractivity contribution is -0.122. The van der Waals surface area contributed by atoms with Crippen LogP contribution in [0.1, 0.15) is 11.1 Å². The summed E-state index contributed by atoms with van der Waals surface area (Å²) in [6.07, 6.45) is 0. The van der Waals surface area contributed by atoms with Crippen LogP contribution < -0.4 is 10.6 Å². The zero-order valence-electron chi connectivity index (χ0n) is 16.4. The van der Waals surface area contributed by atoms with Gasteiger partial charge in [-0.2, -0.15) is 0 Å². The van der Waals surface area contributed by atoms with Crippen LogP contribution in [0.5, 0.6) is 0 Å². The highest BCUT2D eigenvalue weighted by Crippen LogP contribution is 2.02. The molecule has 1 saturated heterocycles. The number of urea groups is 1. The molecule has 0 saturated carbocycles. The van der Waals surface area contributed by atoms with Crippen molar-refractivity contribution in [1.82, 2.24) is 20.4 Å². The van der Waals surface area contributed by atoms with E-state index in [1.807, 2.05) is 60.7 Å². The topological polar surface area (TPSA) is 64.7 Å². The molecule has 2 N–H and O–H groups in total. The molecule has 1 aliphatic rings.